The summed E-state index contributed by atoms with van der Waals surface area (Å²) in [4.78, 5) is 34.3. The van der Waals surface area contributed by atoms with Crippen LogP contribution in [0.15, 0.2) is 30.3 Å². The lowest BCUT2D eigenvalue weighted by atomic mass is 10.2. The Bertz CT molecular complexity index is 599. The molecule has 0 aliphatic rings. The van der Waals surface area contributed by atoms with Gasteiger partial charge in [-0.1, -0.05) is 43.6 Å². The Labute approximate surface area is 139 Å². The molecule has 0 spiro atoms. The highest BCUT2D eigenvalue weighted by Crippen LogP contribution is 2.16. The molecule has 6 nitrogen and oxygen atoms in total. The van der Waals surface area contributed by atoms with E-state index in [4.69, 9.17) is 16.3 Å². The van der Waals surface area contributed by atoms with E-state index in [9.17, 15) is 14.4 Å². The molecule has 1 aromatic carbocycles. The molecule has 23 heavy (non-hydrogen) atoms. The Kier molecular flexibility index (Phi) is 7.83. The second-order valence-corrected chi connectivity index (χ2v) is 5.52. The Balaban J connectivity index is 2.34. The molecule has 2 N–H and O–H groups in total. The third-order valence-corrected chi connectivity index (χ3v) is 2.92. The van der Waals surface area contributed by atoms with Crippen molar-refractivity contribution >= 4 is 35.6 Å². The van der Waals surface area contributed by atoms with Crippen LogP contribution in [0.3, 0.4) is 0 Å². The first kappa shape index (κ1) is 18.7. The molecule has 0 heterocycles. The lowest BCUT2D eigenvalue weighted by molar-refractivity contribution is -0.143. The summed E-state index contributed by atoms with van der Waals surface area (Å²) >= 11 is 5.93. The first-order valence-corrected chi connectivity index (χ1v) is 7.43. The standard InChI is InChI=1S/C16H19ClN2O4/c1-11(2)9-18-16(22)19-14(20)10-23-15(21)8-7-12-5-3-4-6-13(12)17/h3-8,11H,9-10H2,1-2H3,(H2,18,19,20,22)/b8-7+. The number of imide groups is 1. The van der Waals surface area contributed by atoms with Gasteiger partial charge < -0.3 is 10.1 Å². The third-order valence-electron chi connectivity index (χ3n) is 2.57. The first-order chi connectivity index (χ1) is 10.9. The molecule has 0 aliphatic heterocycles. The van der Waals surface area contributed by atoms with Gasteiger partial charge in [-0.2, -0.15) is 0 Å². The molecule has 0 atom stereocenters. The Morgan fingerprint density at radius 3 is 2.61 bits per heavy atom. The largest absolute Gasteiger partial charge is 0.452 e. The molecule has 0 radical (unpaired) electrons. The first-order valence-electron chi connectivity index (χ1n) is 7.05. The van der Waals surface area contributed by atoms with Crippen LogP contribution in [0, 0.1) is 5.92 Å². The van der Waals surface area contributed by atoms with Crippen molar-refractivity contribution in [3.8, 4) is 0 Å². The molecule has 0 fully saturated rings. The Morgan fingerprint density at radius 2 is 1.96 bits per heavy atom. The summed E-state index contributed by atoms with van der Waals surface area (Å²) in [6.07, 6.45) is 2.64. The monoisotopic (exact) mass is 338 g/mol. The van der Waals surface area contributed by atoms with Gasteiger partial charge in [-0.05, 0) is 23.6 Å². The van der Waals surface area contributed by atoms with E-state index in [0.717, 1.165) is 6.08 Å². The zero-order valence-electron chi connectivity index (χ0n) is 13.0. The fourth-order valence-electron chi connectivity index (χ4n) is 1.46. The second kappa shape index (κ2) is 9.63. The predicted octanol–water partition coefficient (Wildman–Crippen LogP) is 2.38. The van der Waals surface area contributed by atoms with Gasteiger partial charge in [0.1, 0.15) is 0 Å². The Hall–Kier alpha value is -2.34. The van der Waals surface area contributed by atoms with Gasteiger partial charge in [0.25, 0.3) is 5.91 Å². The van der Waals surface area contributed by atoms with E-state index in [2.05, 4.69) is 10.6 Å². The van der Waals surface area contributed by atoms with E-state index in [1.54, 1.807) is 24.3 Å². The number of rotatable bonds is 6. The minimum atomic E-state index is -0.706. The second-order valence-electron chi connectivity index (χ2n) is 5.11. The lowest BCUT2D eigenvalue weighted by Gasteiger charge is -2.08. The van der Waals surface area contributed by atoms with Crippen LogP contribution in [0.1, 0.15) is 19.4 Å². The third kappa shape index (κ3) is 8.01. The number of urea groups is 1. The molecule has 0 aliphatic carbocycles. The zero-order valence-corrected chi connectivity index (χ0v) is 13.7. The maximum absolute atomic E-state index is 11.5. The molecule has 0 saturated carbocycles. The van der Waals surface area contributed by atoms with E-state index in [1.807, 2.05) is 13.8 Å². The molecule has 0 bridgehead atoms. The molecule has 0 unspecified atom stereocenters. The van der Waals surface area contributed by atoms with Crippen LogP contribution in [0.2, 0.25) is 5.02 Å². The van der Waals surface area contributed by atoms with Gasteiger partial charge in [0, 0.05) is 17.6 Å². The number of nitrogens with one attached hydrogen (secondary N) is 2. The van der Waals surface area contributed by atoms with Crippen molar-refractivity contribution in [2.75, 3.05) is 13.2 Å². The van der Waals surface area contributed by atoms with Gasteiger partial charge >= 0.3 is 12.0 Å². The van der Waals surface area contributed by atoms with Gasteiger partial charge in [0.15, 0.2) is 6.61 Å². The number of hydrogen-bond donors (Lipinski definition) is 2. The number of ether oxygens (including phenoxy) is 1. The maximum atomic E-state index is 11.5. The van der Waals surface area contributed by atoms with Crippen molar-refractivity contribution < 1.29 is 19.1 Å². The number of halogens is 1. The van der Waals surface area contributed by atoms with Crippen molar-refractivity contribution in [1.82, 2.24) is 10.6 Å². The number of carbonyl (C=O) groups is 3. The van der Waals surface area contributed by atoms with E-state index >= 15 is 0 Å². The van der Waals surface area contributed by atoms with Crippen LogP contribution in [0.5, 0.6) is 0 Å². The number of carbonyl (C=O) groups excluding carboxylic acids is 3. The van der Waals surface area contributed by atoms with Gasteiger partial charge in [-0.15, -0.1) is 0 Å². The number of amides is 3. The van der Waals surface area contributed by atoms with Crippen molar-refractivity contribution in [2.24, 2.45) is 5.92 Å². The molecular weight excluding hydrogens is 320 g/mol. The van der Waals surface area contributed by atoms with Gasteiger partial charge in [-0.25, -0.2) is 9.59 Å². The molecule has 124 valence electrons. The van der Waals surface area contributed by atoms with Crippen molar-refractivity contribution in [2.45, 2.75) is 13.8 Å². The van der Waals surface area contributed by atoms with Crippen molar-refractivity contribution in [3.05, 3.63) is 40.9 Å². The van der Waals surface area contributed by atoms with Crippen LogP contribution in [-0.4, -0.2) is 31.1 Å². The summed E-state index contributed by atoms with van der Waals surface area (Å²) in [6, 6.07) is 6.35. The number of hydrogen-bond acceptors (Lipinski definition) is 4. The van der Waals surface area contributed by atoms with Gasteiger partial charge in [-0.3, -0.25) is 10.1 Å². The van der Waals surface area contributed by atoms with Crippen molar-refractivity contribution in [1.29, 1.82) is 0 Å². The summed E-state index contributed by atoms with van der Waals surface area (Å²) in [5, 5.41) is 5.07. The number of esters is 1. The van der Waals surface area contributed by atoms with Crippen LogP contribution in [-0.2, 0) is 14.3 Å². The average molecular weight is 339 g/mol. The average Bonchev–Trinajstić information content (AvgIpc) is 2.50. The molecule has 0 aromatic heterocycles. The molecule has 3 amide bonds. The Morgan fingerprint density at radius 1 is 1.26 bits per heavy atom. The SMILES string of the molecule is CC(C)CNC(=O)NC(=O)COC(=O)/C=C/c1ccccc1Cl. The van der Waals surface area contributed by atoms with Gasteiger partial charge in [0.2, 0.25) is 0 Å². The number of benzene rings is 1. The minimum Gasteiger partial charge on any atom is -0.452 e. The highest BCUT2D eigenvalue weighted by Gasteiger charge is 2.09. The van der Waals surface area contributed by atoms with Gasteiger partial charge in [0.05, 0.1) is 0 Å². The predicted molar refractivity (Wildman–Crippen MR) is 87.8 cm³/mol. The van der Waals surface area contributed by atoms with Crippen LogP contribution >= 0.6 is 11.6 Å². The molecule has 1 aromatic rings. The summed E-state index contributed by atoms with van der Waals surface area (Å²) < 4.78 is 4.73. The quantitative estimate of drug-likeness (QED) is 0.616. The normalized spacial score (nSPS) is 10.6. The van der Waals surface area contributed by atoms with Crippen LogP contribution in [0.4, 0.5) is 4.79 Å². The van der Waals surface area contributed by atoms with Crippen molar-refractivity contribution in [3.63, 3.8) is 0 Å². The topological polar surface area (TPSA) is 84.5 Å². The summed E-state index contributed by atoms with van der Waals surface area (Å²) in [7, 11) is 0. The smallest absolute Gasteiger partial charge is 0.331 e. The summed E-state index contributed by atoms with van der Waals surface area (Å²) in [5.41, 5.74) is 0.656. The molecule has 1 rings (SSSR count). The molecule has 7 heteroatoms. The summed E-state index contributed by atoms with van der Waals surface area (Å²) in [6.45, 7) is 3.75. The lowest BCUT2D eigenvalue weighted by Crippen LogP contribution is -2.42. The van der Waals surface area contributed by atoms with Crippen LogP contribution in [0.25, 0.3) is 6.08 Å². The molecular formula is C16H19ClN2O4. The summed E-state index contributed by atoms with van der Waals surface area (Å²) in [5.74, 6) is -1.14. The highest BCUT2D eigenvalue weighted by molar-refractivity contribution is 6.32. The highest BCUT2D eigenvalue weighted by atomic mass is 35.5. The molecule has 0 saturated heterocycles. The maximum Gasteiger partial charge on any atom is 0.331 e. The fraction of sp³-hybridized carbons (Fsp3) is 0.312. The van der Waals surface area contributed by atoms with Crippen LogP contribution < -0.4 is 10.6 Å². The van der Waals surface area contributed by atoms with E-state index in [0.29, 0.717) is 17.1 Å². The van der Waals surface area contributed by atoms with E-state index < -0.39 is 24.5 Å². The fourth-order valence-corrected chi connectivity index (χ4v) is 1.66. The van der Waals surface area contributed by atoms with E-state index in [-0.39, 0.29) is 5.92 Å². The van der Waals surface area contributed by atoms with E-state index in [1.165, 1.54) is 6.08 Å². The minimum absolute atomic E-state index is 0.267. The zero-order chi connectivity index (χ0) is 17.2.